The molecular weight excluding hydrogens is 607 g/mol. The minimum atomic E-state index is -4.44. The number of piperidine rings is 1. The molecule has 1 atom stereocenters. The van der Waals surface area contributed by atoms with Gasteiger partial charge in [-0.05, 0) is 84.8 Å². The maximum absolute atomic E-state index is 13.2. The van der Waals surface area contributed by atoms with Gasteiger partial charge in [0.25, 0.3) is 5.91 Å². The van der Waals surface area contributed by atoms with Crippen LogP contribution in [0.1, 0.15) is 53.7 Å². The number of carbonyl (C=O) groups is 3. The number of alkyl halides is 3. The third-order valence-corrected chi connectivity index (χ3v) is 8.23. The monoisotopic (exact) mass is 643 g/mol. The van der Waals surface area contributed by atoms with E-state index >= 15 is 0 Å². The third-order valence-electron chi connectivity index (χ3n) is 8.23. The van der Waals surface area contributed by atoms with Crippen molar-refractivity contribution in [1.82, 2.24) is 5.32 Å². The number of hydrogen-bond donors (Lipinski definition) is 2. The highest BCUT2D eigenvalue weighted by atomic mass is 19.4. The molecule has 7 nitrogen and oxygen atoms in total. The Hall–Kier alpha value is -5.12. The summed E-state index contributed by atoms with van der Waals surface area (Å²) >= 11 is 0. The molecule has 244 valence electrons. The molecule has 4 aromatic carbocycles. The van der Waals surface area contributed by atoms with Crippen molar-refractivity contribution in [3.05, 3.63) is 120 Å². The molecule has 5 rings (SSSR count). The van der Waals surface area contributed by atoms with Gasteiger partial charge in [-0.15, -0.1) is 0 Å². The average Bonchev–Trinajstić information content (AvgIpc) is 3.08. The molecule has 4 aromatic rings. The Labute approximate surface area is 271 Å². The van der Waals surface area contributed by atoms with Crippen LogP contribution in [0.15, 0.2) is 103 Å². The number of nitrogens with zero attached hydrogens (tertiary/aromatic N) is 1. The van der Waals surface area contributed by atoms with Crippen molar-refractivity contribution in [1.29, 1.82) is 0 Å². The minimum Gasteiger partial charge on any atom is -0.464 e. The molecule has 1 fully saturated rings. The molecule has 0 unspecified atom stereocenters. The zero-order valence-electron chi connectivity index (χ0n) is 25.9. The number of anilines is 2. The normalized spacial score (nSPS) is 14.3. The topological polar surface area (TPSA) is 87.7 Å². The van der Waals surface area contributed by atoms with Crippen LogP contribution in [0.2, 0.25) is 0 Å². The zero-order valence-corrected chi connectivity index (χ0v) is 25.9. The second-order valence-electron chi connectivity index (χ2n) is 11.4. The Bertz CT molecular complexity index is 1670. The lowest BCUT2D eigenvalue weighted by molar-refractivity contribution is -0.147. The lowest BCUT2D eigenvalue weighted by Crippen LogP contribution is -2.38. The van der Waals surface area contributed by atoms with E-state index in [-0.39, 0.29) is 24.3 Å². The first-order valence-electron chi connectivity index (χ1n) is 15.6. The molecule has 2 N–H and O–H groups in total. The SMILES string of the molecule is CCOC(=O)[C@H](NC(=O)CC1CCN(c2ccc(NC(=O)c3ccccc3-c3ccc(C(F)(F)F)cc3)cc2)CC1)c1ccccc1. The highest BCUT2D eigenvalue weighted by Gasteiger charge is 2.30. The summed E-state index contributed by atoms with van der Waals surface area (Å²) in [7, 11) is 0. The summed E-state index contributed by atoms with van der Waals surface area (Å²) in [6.45, 7) is 3.46. The molecule has 1 heterocycles. The Balaban J connectivity index is 1.14. The summed E-state index contributed by atoms with van der Waals surface area (Å²) in [5, 5.41) is 5.75. The average molecular weight is 644 g/mol. The number of halogens is 3. The van der Waals surface area contributed by atoms with E-state index in [1.165, 1.54) is 12.1 Å². The number of carbonyl (C=O) groups excluding carboxylic acids is 3. The molecule has 0 bridgehead atoms. The van der Waals surface area contributed by atoms with Crippen molar-refractivity contribution in [3.8, 4) is 11.1 Å². The summed E-state index contributed by atoms with van der Waals surface area (Å²) in [4.78, 5) is 40.9. The van der Waals surface area contributed by atoms with Crippen molar-refractivity contribution >= 4 is 29.2 Å². The zero-order chi connectivity index (χ0) is 33.4. The van der Waals surface area contributed by atoms with E-state index in [1.807, 2.05) is 42.5 Å². The van der Waals surface area contributed by atoms with Gasteiger partial charge in [-0.3, -0.25) is 9.59 Å². The Morgan fingerprint density at radius 2 is 1.49 bits per heavy atom. The van der Waals surface area contributed by atoms with Gasteiger partial charge >= 0.3 is 12.1 Å². The van der Waals surface area contributed by atoms with E-state index in [9.17, 15) is 27.6 Å². The number of benzene rings is 4. The first-order chi connectivity index (χ1) is 22.6. The van der Waals surface area contributed by atoms with Crippen LogP contribution >= 0.6 is 0 Å². The van der Waals surface area contributed by atoms with Crippen molar-refractivity contribution < 1.29 is 32.3 Å². The summed E-state index contributed by atoms with van der Waals surface area (Å²) in [5.41, 5.74) is 2.89. The van der Waals surface area contributed by atoms with Crippen LogP contribution in [0.5, 0.6) is 0 Å². The predicted molar refractivity (Wildman–Crippen MR) is 175 cm³/mol. The number of nitrogens with one attached hydrogen (secondary N) is 2. The fraction of sp³-hybridized carbons (Fsp3) is 0.270. The Morgan fingerprint density at radius 3 is 2.13 bits per heavy atom. The summed E-state index contributed by atoms with van der Waals surface area (Å²) < 4.78 is 44.2. The van der Waals surface area contributed by atoms with E-state index in [0.29, 0.717) is 34.4 Å². The number of ether oxygens (including phenoxy) is 1. The van der Waals surface area contributed by atoms with Gasteiger partial charge in [0.15, 0.2) is 6.04 Å². The van der Waals surface area contributed by atoms with Gasteiger partial charge in [0.1, 0.15) is 0 Å². The lowest BCUT2D eigenvalue weighted by Gasteiger charge is -2.33. The first kappa shape index (κ1) is 33.2. The van der Waals surface area contributed by atoms with Crippen molar-refractivity contribution in [3.63, 3.8) is 0 Å². The van der Waals surface area contributed by atoms with Gasteiger partial charge in [-0.1, -0.05) is 60.7 Å². The van der Waals surface area contributed by atoms with Gasteiger partial charge in [-0.2, -0.15) is 13.2 Å². The van der Waals surface area contributed by atoms with Crippen molar-refractivity contribution in [2.75, 3.05) is 29.9 Å². The van der Waals surface area contributed by atoms with Gasteiger partial charge in [-0.25, -0.2) is 4.79 Å². The molecule has 0 radical (unpaired) electrons. The van der Waals surface area contributed by atoms with Crippen LogP contribution in [-0.4, -0.2) is 37.5 Å². The first-order valence-corrected chi connectivity index (χ1v) is 15.6. The molecule has 0 aromatic heterocycles. The molecule has 1 aliphatic heterocycles. The predicted octanol–water partition coefficient (Wildman–Crippen LogP) is 7.65. The minimum absolute atomic E-state index is 0.174. The molecule has 2 amide bonds. The van der Waals surface area contributed by atoms with Crippen molar-refractivity contribution in [2.45, 2.75) is 38.4 Å². The van der Waals surface area contributed by atoms with Gasteiger partial charge in [0, 0.05) is 36.4 Å². The van der Waals surface area contributed by atoms with E-state index < -0.39 is 23.8 Å². The molecular formula is C37H36F3N3O4. The van der Waals surface area contributed by atoms with E-state index in [0.717, 1.165) is 43.8 Å². The molecule has 1 aliphatic rings. The molecule has 1 saturated heterocycles. The number of hydrogen-bond acceptors (Lipinski definition) is 5. The van der Waals surface area contributed by atoms with Crippen molar-refractivity contribution in [2.24, 2.45) is 5.92 Å². The van der Waals surface area contributed by atoms with Crippen LogP contribution in [-0.2, 0) is 20.5 Å². The molecule has 0 spiro atoms. The highest BCUT2D eigenvalue weighted by Crippen LogP contribution is 2.32. The second kappa shape index (κ2) is 15.0. The third kappa shape index (κ3) is 8.58. The summed E-state index contributed by atoms with van der Waals surface area (Å²) in [5.74, 6) is -0.867. The fourth-order valence-corrected chi connectivity index (χ4v) is 5.75. The lowest BCUT2D eigenvalue weighted by atomic mass is 9.92. The summed E-state index contributed by atoms with van der Waals surface area (Å²) in [6.07, 6.45) is -2.51. The van der Waals surface area contributed by atoms with Gasteiger partial charge in [0.05, 0.1) is 12.2 Å². The van der Waals surface area contributed by atoms with Gasteiger partial charge < -0.3 is 20.3 Å². The van der Waals surface area contributed by atoms with Crippen LogP contribution in [0, 0.1) is 5.92 Å². The molecule has 47 heavy (non-hydrogen) atoms. The summed E-state index contributed by atoms with van der Waals surface area (Å²) in [6, 6.07) is 27.2. The van der Waals surface area contributed by atoms with E-state index in [1.54, 1.807) is 43.3 Å². The fourth-order valence-electron chi connectivity index (χ4n) is 5.75. The standard InChI is InChI=1S/C37H36F3N3O4/c1-2-47-36(46)34(27-8-4-3-5-9-27)42-33(44)24-25-20-22-43(23-21-25)30-18-16-29(17-19-30)41-35(45)32-11-7-6-10-31(32)26-12-14-28(15-13-26)37(38,39)40/h3-19,25,34H,2,20-24H2,1H3,(H,41,45)(H,42,44)/t34-/m1/s1. The second-order valence-corrected chi connectivity index (χ2v) is 11.4. The highest BCUT2D eigenvalue weighted by molar-refractivity contribution is 6.08. The van der Waals surface area contributed by atoms with E-state index in [4.69, 9.17) is 4.74 Å². The van der Waals surface area contributed by atoms with E-state index in [2.05, 4.69) is 15.5 Å². The van der Waals surface area contributed by atoms with Gasteiger partial charge in [0.2, 0.25) is 5.91 Å². The molecule has 0 saturated carbocycles. The molecule has 10 heteroatoms. The maximum atomic E-state index is 13.2. The van der Waals surface area contributed by atoms with Crippen LogP contribution in [0.4, 0.5) is 24.5 Å². The quantitative estimate of drug-likeness (QED) is 0.173. The Kier molecular flexibility index (Phi) is 10.6. The van der Waals surface area contributed by atoms with Crippen LogP contribution < -0.4 is 15.5 Å². The smallest absolute Gasteiger partial charge is 0.416 e. The van der Waals surface area contributed by atoms with Crippen LogP contribution in [0.25, 0.3) is 11.1 Å². The van der Waals surface area contributed by atoms with Crippen LogP contribution in [0.3, 0.4) is 0 Å². The number of esters is 1. The Morgan fingerprint density at radius 1 is 0.851 bits per heavy atom. The largest absolute Gasteiger partial charge is 0.464 e. The molecule has 0 aliphatic carbocycles. The maximum Gasteiger partial charge on any atom is 0.416 e. The number of amides is 2. The number of rotatable bonds is 10.